The Morgan fingerprint density at radius 3 is 2.47 bits per heavy atom. The minimum absolute atomic E-state index is 0.0149. The molecule has 0 aliphatic carbocycles. The van der Waals surface area contributed by atoms with Crippen LogP contribution in [0.25, 0.3) is 0 Å². The van der Waals surface area contributed by atoms with Crippen LogP contribution in [0.3, 0.4) is 0 Å². The smallest absolute Gasteiger partial charge is 0.315 e. The molecule has 3 aromatic carbocycles. The summed E-state index contributed by atoms with van der Waals surface area (Å²) < 4.78 is 11.0. The van der Waals surface area contributed by atoms with Crippen molar-refractivity contribution in [3.05, 3.63) is 93.0 Å². The molecule has 1 amide bonds. The van der Waals surface area contributed by atoms with Gasteiger partial charge in [-0.1, -0.05) is 29.8 Å². The average Bonchev–Trinajstić information content (AvgIpc) is 2.78. The van der Waals surface area contributed by atoms with Gasteiger partial charge in [-0.3, -0.25) is 14.9 Å². The number of nitrogens with two attached hydrogens (primary N) is 1. The number of methoxy groups -OCH3 is 1. The van der Waals surface area contributed by atoms with Crippen LogP contribution in [0.4, 0.5) is 11.4 Å². The molecule has 0 aliphatic heterocycles. The van der Waals surface area contributed by atoms with Gasteiger partial charge >= 0.3 is 5.69 Å². The van der Waals surface area contributed by atoms with E-state index in [0.29, 0.717) is 16.8 Å². The maximum atomic E-state index is 12.1. The number of nitro benzene ring substituents is 1. The molecular weight excluding hydrogens is 412 g/mol. The SMILES string of the molecule is COc1cc(/C=N\NC(=O)c2ccc(N)cc2)cc([N+](=O)[O-])c1OCc1ccc(C)cc1. The van der Waals surface area contributed by atoms with Gasteiger partial charge in [-0.2, -0.15) is 5.10 Å². The number of benzene rings is 3. The molecule has 32 heavy (non-hydrogen) atoms. The first kappa shape index (κ1) is 22.3. The second-order valence-corrected chi connectivity index (χ2v) is 6.92. The van der Waals surface area contributed by atoms with Gasteiger partial charge in [0.25, 0.3) is 5.91 Å². The topological polar surface area (TPSA) is 129 Å². The normalized spacial score (nSPS) is 10.7. The summed E-state index contributed by atoms with van der Waals surface area (Å²) >= 11 is 0. The Morgan fingerprint density at radius 1 is 1.16 bits per heavy atom. The summed E-state index contributed by atoms with van der Waals surface area (Å²) in [6.45, 7) is 2.11. The predicted molar refractivity (Wildman–Crippen MR) is 121 cm³/mol. The number of nitrogens with one attached hydrogen (secondary N) is 1. The number of carbonyl (C=O) groups is 1. The summed E-state index contributed by atoms with van der Waals surface area (Å²) in [6, 6.07) is 16.8. The third kappa shape index (κ3) is 5.60. The highest BCUT2D eigenvalue weighted by molar-refractivity contribution is 5.95. The highest BCUT2D eigenvalue weighted by atomic mass is 16.6. The van der Waals surface area contributed by atoms with Gasteiger partial charge in [0.1, 0.15) is 6.61 Å². The minimum Gasteiger partial charge on any atom is -0.493 e. The number of nitro groups is 1. The summed E-state index contributed by atoms with van der Waals surface area (Å²) in [5, 5.41) is 15.5. The molecule has 9 heteroatoms. The van der Waals surface area contributed by atoms with Crippen molar-refractivity contribution in [1.29, 1.82) is 0 Å². The van der Waals surface area contributed by atoms with E-state index in [1.54, 1.807) is 24.3 Å². The molecule has 0 aliphatic rings. The lowest BCUT2D eigenvalue weighted by Gasteiger charge is -2.12. The number of aryl methyl sites for hydroxylation is 1. The van der Waals surface area contributed by atoms with Gasteiger partial charge in [0, 0.05) is 22.9 Å². The Labute approximate surface area is 184 Å². The van der Waals surface area contributed by atoms with Crippen LogP contribution in [0.15, 0.2) is 65.8 Å². The molecule has 0 aromatic heterocycles. The van der Waals surface area contributed by atoms with E-state index in [4.69, 9.17) is 15.2 Å². The fraction of sp³-hybridized carbons (Fsp3) is 0.130. The lowest BCUT2D eigenvalue weighted by molar-refractivity contribution is -0.386. The Kier molecular flexibility index (Phi) is 7.02. The highest BCUT2D eigenvalue weighted by Crippen LogP contribution is 2.38. The van der Waals surface area contributed by atoms with E-state index in [9.17, 15) is 14.9 Å². The summed E-state index contributed by atoms with van der Waals surface area (Å²) in [4.78, 5) is 23.2. The molecule has 164 valence electrons. The van der Waals surface area contributed by atoms with Crippen LogP contribution in [-0.2, 0) is 6.61 Å². The number of anilines is 1. The van der Waals surface area contributed by atoms with Gasteiger partial charge in [0.15, 0.2) is 5.75 Å². The molecule has 0 radical (unpaired) electrons. The van der Waals surface area contributed by atoms with Crippen LogP contribution in [0.2, 0.25) is 0 Å². The average molecular weight is 434 g/mol. The van der Waals surface area contributed by atoms with E-state index < -0.39 is 10.8 Å². The quantitative estimate of drug-likeness (QED) is 0.240. The van der Waals surface area contributed by atoms with Crippen LogP contribution in [0.1, 0.15) is 27.0 Å². The first-order chi connectivity index (χ1) is 15.4. The number of nitrogen functional groups attached to an aromatic ring is 1. The number of amides is 1. The van der Waals surface area contributed by atoms with E-state index >= 15 is 0 Å². The minimum atomic E-state index is -0.558. The maximum absolute atomic E-state index is 12.1. The number of nitrogens with zero attached hydrogens (tertiary/aromatic N) is 2. The number of hydrazone groups is 1. The van der Waals surface area contributed by atoms with Crippen LogP contribution in [-0.4, -0.2) is 24.2 Å². The molecule has 9 nitrogen and oxygen atoms in total. The third-order valence-electron chi connectivity index (χ3n) is 4.53. The highest BCUT2D eigenvalue weighted by Gasteiger charge is 2.22. The second-order valence-electron chi connectivity index (χ2n) is 6.92. The van der Waals surface area contributed by atoms with E-state index in [0.717, 1.165) is 11.1 Å². The van der Waals surface area contributed by atoms with Gasteiger partial charge in [-0.05, 0) is 42.8 Å². The van der Waals surface area contributed by atoms with Gasteiger partial charge in [-0.15, -0.1) is 0 Å². The molecule has 3 aromatic rings. The Balaban J connectivity index is 1.78. The van der Waals surface area contributed by atoms with Crippen LogP contribution < -0.4 is 20.6 Å². The molecule has 0 atom stereocenters. The largest absolute Gasteiger partial charge is 0.493 e. The first-order valence-corrected chi connectivity index (χ1v) is 9.61. The van der Waals surface area contributed by atoms with Crippen molar-refractivity contribution in [3.63, 3.8) is 0 Å². The molecule has 0 saturated carbocycles. The van der Waals surface area contributed by atoms with E-state index in [1.165, 1.54) is 25.5 Å². The van der Waals surface area contributed by atoms with Crippen LogP contribution >= 0.6 is 0 Å². The summed E-state index contributed by atoms with van der Waals surface area (Å²) in [5.41, 5.74) is 10.9. The van der Waals surface area contributed by atoms with Crippen molar-refractivity contribution in [3.8, 4) is 11.5 Å². The molecular formula is C23H22N4O5. The summed E-state index contributed by atoms with van der Waals surface area (Å²) in [7, 11) is 1.39. The molecule has 0 heterocycles. The zero-order valence-electron chi connectivity index (χ0n) is 17.6. The fourth-order valence-corrected chi connectivity index (χ4v) is 2.82. The zero-order chi connectivity index (χ0) is 23.1. The number of rotatable bonds is 8. The second kappa shape index (κ2) is 10.1. The first-order valence-electron chi connectivity index (χ1n) is 9.61. The summed E-state index contributed by atoms with van der Waals surface area (Å²) in [6.07, 6.45) is 1.29. The molecule has 3 N–H and O–H groups in total. The van der Waals surface area contributed by atoms with Crippen molar-refractivity contribution in [2.45, 2.75) is 13.5 Å². The van der Waals surface area contributed by atoms with Crippen molar-refractivity contribution in [2.24, 2.45) is 5.10 Å². The number of carbonyl (C=O) groups excluding carboxylic acids is 1. The van der Waals surface area contributed by atoms with Crippen LogP contribution in [0.5, 0.6) is 11.5 Å². The van der Waals surface area contributed by atoms with Gasteiger partial charge < -0.3 is 15.2 Å². The van der Waals surface area contributed by atoms with Crippen molar-refractivity contribution in [1.82, 2.24) is 5.43 Å². The van der Waals surface area contributed by atoms with Crippen molar-refractivity contribution in [2.75, 3.05) is 12.8 Å². The standard InChI is InChI=1S/C23H22N4O5/c1-15-3-5-16(6-4-15)14-32-22-20(27(29)30)11-17(12-21(22)31-2)13-25-26-23(28)18-7-9-19(24)10-8-18/h3-13H,14,24H2,1-2H3,(H,26,28)/b25-13-. The molecule has 3 rings (SSSR count). The van der Waals surface area contributed by atoms with Gasteiger partial charge in [0.05, 0.1) is 18.2 Å². The Bertz CT molecular complexity index is 1140. The van der Waals surface area contributed by atoms with Crippen LogP contribution in [0, 0.1) is 17.0 Å². The number of ether oxygens (including phenoxy) is 2. The van der Waals surface area contributed by atoms with E-state index in [1.807, 2.05) is 31.2 Å². The number of hydrogen-bond donors (Lipinski definition) is 2. The number of hydrogen-bond acceptors (Lipinski definition) is 7. The maximum Gasteiger partial charge on any atom is 0.315 e. The Morgan fingerprint density at radius 2 is 1.84 bits per heavy atom. The van der Waals surface area contributed by atoms with Crippen molar-refractivity contribution >= 4 is 23.5 Å². The molecule has 0 bridgehead atoms. The van der Waals surface area contributed by atoms with E-state index in [-0.39, 0.29) is 23.8 Å². The lowest BCUT2D eigenvalue weighted by atomic mass is 10.1. The molecule has 0 fully saturated rings. The summed E-state index contributed by atoms with van der Waals surface area (Å²) in [5.74, 6) is -0.250. The van der Waals surface area contributed by atoms with Gasteiger partial charge in [0.2, 0.25) is 5.75 Å². The molecule has 0 unspecified atom stereocenters. The third-order valence-corrected chi connectivity index (χ3v) is 4.53. The zero-order valence-corrected chi connectivity index (χ0v) is 17.6. The molecule has 0 spiro atoms. The lowest BCUT2D eigenvalue weighted by Crippen LogP contribution is -2.17. The van der Waals surface area contributed by atoms with Gasteiger partial charge in [-0.25, -0.2) is 5.43 Å². The fourth-order valence-electron chi connectivity index (χ4n) is 2.82. The monoisotopic (exact) mass is 434 g/mol. The van der Waals surface area contributed by atoms with Crippen molar-refractivity contribution < 1.29 is 19.2 Å². The molecule has 0 saturated heterocycles. The van der Waals surface area contributed by atoms with E-state index in [2.05, 4.69) is 10.5 Å². The predicted octanol–water partition coefficient (Wildman–Crippen LogP) is 3.84. The Hall–Kier alpha value is -4.40.